The highest BCUT2D eigenvalue weighted by atomic mass is 35.5. The molecule has 0 aliphatic rings. The van der Waals surface area contributed by atoms with Gasteiger partial charge in [0.25, 0.3) is 0 Å². The van der Waals surface area contributed by atoms with Crippen LogP contribution in [0.3, 0.4) is 0 Å². The maximum Gasteiger partial charge on any atom is 0.219 e. The third-order valence-electron chi connectivity index (χ3n) is 3.34. The van der Waals surface area contributed by atoms with E-state index in [1.807, 2.05) is 0 Å². The van der Waals surface area contributed by atoms with Crippen LogP contribution in [0.1, 0.15) is 16.8 Å². The van der Waals surface area contributed by atoms with Gasteiger partial charge >= 0.3 is 0 Å². The minimum Gasteiger partial charge on any atom is -0.493 e. The second-order valence-corrected chi connectivity index (χ2v) is 5.23. The van der Waals surface area contributed by atoms with Gasteiger partial charge in [-0.05, 0) is 17.7 Å². The van der Waals surface area contributed by atoms with Gasteiger partial charge in [-0.15, -0.1) is 0 Å². The Balaban J connectivity index is 2.09. The van der Waals surface area contributed by atoms with E-state index in [-0.39, 0.29) is 17.5 Å². The molecular weight excluding hydrogens is 309 g/mol. The molecule has 22 heavy (non-hydrogen) atoms. The lowest BCUT2D eigenvalue weighted by Crippen LogP contribution is -2.06. The van der Waals surface area contributed by atoms with Gasteiger partial charge in [0.2, 0.25) is 5.88 Å². The zero-order valence-electron chi connectivity index (χ0n) is 11.8. The van der Waals surface area contributed by atoms with Crippen molar-refractivity contribution in [2.24, 2.45) is 0 Å². The highest BCUT2D eigenvalue weighted by molar-refractivity contribution is 6.30. The summed E-state index contributed by atoms with van der Waals surface area (Å²) in [4.78, 5) is 4.42. The summed E-state index contributed by atoms with van der Waals surface area (Å²) < 4.78 is 20.0. The van der Waals surface area contributed by atoms with E-state index in [0.717, 1.165) is 0 Å². The Morgan fingerprint density at radius 2 is 2.18 bits per heavy atom. The van der Waals surface area contributed by atoms with Crippen molar-refractivity contribution in [2.45, 2.75) is 13.0 Å². The van der Waals surface area contributed by atoms with Gasteiger partial charge in [0.15, 0.2) is 5.65 Å². The summed E-state index contributed by atoms with van der Waals surface area (Å²) in [5, 5.41) is 14.5. The van der Waals surface area contributed by atoms with Crippen LogP contribution in [0.4, 0.5) is 4.39 Å². The molecular formula is C15H13ClFN3O2. The molecule has 0 saturated heterocycles. The zero-order chi connectivity index (χ0) is 15.7. The van der Waals surface area contributed by atoms with Gasteiger partial charge in [0.05, 0.1) is 23.5 Å². The SMILES string of the molecule is COCc1nc2ccnn2c(O)c1Cc1ccc(Cl)c(F)c1. The van der Waals surface area contributed by atoms with Crippen LogP contribution < -0.4 is 0 Å². The van der Waals surface area contributed by atoms with Crippen molar-refractivity contribution >= 4 is 17.2 Å². The van der Waals surface area contributed by atoms with Crippen LogP contribution >= 0.6 is 11.6 Å². The van der Waals surface area contributed by atoms with Crippen LogP contribution in [0, 0.1) is 5.82 Å². The number of halogens is 2. The van der Waals surface area contributed by atoms with Crippen LogP contribution in [0.5, 0.6) is 5.88 Å². The number of ether oxygens (including phenoxy) is 1. The number of nitrogens with zero attached hydrogens (tertiary/aromatic N) is 3. The lowest BCUT2D eigenvalue weighted by molar-refractivity contribution is 0.180. The molecule has 0 atom stereocenters. The molecule has 2 heterocycles. The quantitative estimate of drug-likeness (QED) is 0.802. The Morgan fingerprint density at radius 1 is 1.36 bits per heavy atom. The first-order chi connectivity index (χ1) is 10.6. The summed E-state index contributed by atoms with van der Waals surface area (Å²) in [6, 6.07) is 6.21. The maximum absolute atomic E-state index is 13.6. The molecule has 3 rings (SSSR count). The molecule has 114 valence electrons. The van der Waals surface area contributed by atoms with Crippen LogP contribution in [-0.2, 0) is 17.8 Å². The van der Waals surface area contributed by atoms with E-state index < -0.39 is 5.82 Å². The largest absolute Gasteiger partial charge is 0.493 e. The van der Waals surface area contributed by atoms with E-state index in [9.17, 15) is 9.50 Å². The van der Waals surface area contributed by atoms with Crippen molar-refractivity contribution in [3.63, 3.8) is 0 Å². The van der Waals surface area contributed by atoms with E-state index in [1.165, 1.54) is 16.6 Å². The zero-order valence-corrected chi connectivity index (χ0v) is 12.5. The molecule has 0 aliphatic carbocycles. The Hall–Kier alpha value is -2.18. The average Bonchev–Trinajstić information content (AvgIpc) is 2.95. The molecule has 0 fully saturated rings. The van der Waals surface area contributed by atoms with Gasteiger partial charge < -0.3 is 9.84 Å². The Morgan fingerprint density at radius 3 is 2.91 bits per heavy atom. The molecule has 1 N–H and O–H groups in total. The summed E-state index contributed by atoms with van der Waals surface area (Å²) >= 11 is 5.69. The third kappa shape index (κ3) is 2.63. The second-order valence-electron chi connectivity index (χ2n) is 4.82. The maximum atomic E-state index is 13.6. The van der Waals surface area contributed by atoms with Gasteiger partial charge in [0, 0.05) is 25.2 Å². The molecule has 0 aliphatic heterocycles. The molecule has 0 unspecified atom stereocenters. The molecule has 0 bridgehead atoms. The molecule has 2 aromatic heterocycles. The van der Waals surface area contributed by atoms with Crippen molar-refractivity contribution in [2.75, 3.05) is 7.11 Å². The molecule has 7 heteroatoms. The fraction of sp³-hybridized carbons (Fsp3) is 0.200. The minimum atomic E-state index is -0.500. The number of aromatic nitrogens is 3. The number of rotatable bonds is 4. The van der Waals surface area contributed by atoms with Crippen molar-refractivity contribution in [1.29, 1.82) is 0 Å². The second kappa shape index (κ2) is 5.90. The number of fused-ring (bicyclic) bond motifs is 1. The lowest BCUT2D eigenvalue weighted by Gasteiger charge is -2.12. The van der Waals surface area contributed by atoms with Gasteiger partial charge in [0.1, 0.15) is 5.82 Å². The molecule has 3 aromatic rings. The predicted molar refractivity (Wildman–Crippen MR) is 79.6 cm³/mol. The van der Waals surface area contributed by atoms with Crippen LogP contribution in [0.25, 0.3) is 5.65 Å². The van der Waals surface area contributed by atoms with Crippen molar-refractivity contribution < 1.29 is 14.2 Å². The van der Waals surface area contributed by atoms with E-state index in [4.69, 9.17) is 16.3 Å². The summed E-state index contributed by atoms with van der Waals surface area (Å²) in [6.45, 7) is 0.237. The summed E-state index contributed by atoms with van der Waals surface area (Å²) in [5.41, 5.74) is 2.32. The number of hydrogen-bond donors (Lipinski definition) is 1. The standard InChI is InChI=1S/C15H13ClFN3O2/c1-22-8-13-10(6-9-2-3-11(16)12(17)7-9)15(21)20-14(19-13)4-5-18-20/h2-5,7,21H,6,8H2,1H3. The van der Waals surface area contributed by atoms with Gasteiger partial charge in [-0.2, -0.15) is 9.61 Å². The smallest absolute Gasteiger partial charge is 0.219 e. The fourth-order valence-corrected chi connectivity index (χ4v) is 2.42. The topological polar surface area (TPSA) is 59.7 Å². The molecule has 0 amide bonds. The molecule has 0 radical (unpaired) electrons. The minimum absolute atomic E-state index is 0.0302. The predicted octanol–water partition coefficient (Wildman–Crippen LogP) is 2.96. The monoisotopic (exact) mass is 321 g/mol. The van der Waals surface area contributed by atoms with Gasteiger partial charge in [-0.25, -0.2) is 9.37 Å². The number of methoxy groups -OCH3 is 1. The normalized spacial score (nSPS) is 11.2. The highest BCUT2D eigenvalue weighted by Crippen LogP contribution is 2.26. The van der Waals surface area contributed by atoms with E-state index in [2.05, 4.69) is 10.1 Å². The van der Waals surface area contributed by atoms with Crippen LogP contribution in [0.2, 0.25) is 5.02 Å². The number of benzene rings is 1. The van der Waals surface area contributed by atoms with Gasteiger partial charge in [-0.1, -0.05) is 17.7 Å². The van der Waals surface area contributed by atoms with E-state index in [0.29, 0.717) is 28.9 Å². The van der Waals surface area contributed by atoms with Crippen LogP contribution in [0.15, 0.2) is 30.5 Å². The number of hydrogen-bond acceptors (Lipinski definition) is 4. The summed E-state index contributed by atoms with van der Waals surface area (Å²) in [7, 11) is 1.55. The van der Waals surface area contributed by atoms with Crippen molar-refractivity contribution in [3.05, 3.63) is 58.1 Å². The highest BCUT2D eigenvalue weighted by Gasteiger charge is 2.16. The third-order valence-corrected chi connectivity index (χ3v) is 3.64. The van der Waals surface area contributed by atoms with E-state index in [1.54, 1.807) is 25.4 Å². The van der Waals surface area contributed by atoms with Crippen molar-refractivity contribution in [1.82, 2.24) is 14.6 Å². The van der Waals surface area contributed by atoms with Crippen molar-refractivity contribution in [3.8, 4) is 5.88 Å². The first-order valence-corrected chi connectivity index (χ1v) is 6.95. The Kier molecular flexibility index (Phi) is 3.96. The first kappa shape index (κ1) is 14.7. The molecule has 0 spiro atoms. The Labute approximate surface area is 130 Å². The summed E-state index contributed by atoms with van der Waals surface area (Å²) in [5.74, 6) is -0.530. The lowest BCUT2D eigenvalue weighted by atomic mass is 10.0. The number of aromatic hydroxyl groups is 1. The first-order valence-electron chi connectivity index (χ1n) is 6.57. The Bertz CT molecular complexity index is 835. The average molecular weight is 322 g/mol. The molecule has 5 nitrogen and oxygen atoms in total. The summed E-state index contributed by atoms with van der Waals surface area (Å²) in [6.07, 6.45) is 1.84. The molecule has 0 saturated carbocycles. The van der Waals surface area contributed by atoms with Gasteiger partial charge in [-0.3, -0.25) is 0 Å². The van der Waals surface area contributed by atoms with E-state index >= 15 is 0 Å². The fourth-order valence-electron chi connectivity index (χ4n) is 2.30. The molecule has 1 aromatic carbocycles. The van der Waals surface area contributed by atoms with Crippen LogP contribution in [-0.4, -0.2) is 26.8 Å².